The largest absolute Gasteiger partial charge is 0.394 e. The van der Waals surface area contributed by atoms with Crippen LogP contribution in [0.4, 0.5) is 0 Å². The van der Waals surface area contributed by atoms with Crippen LogP contribution in [0.25, 0.3) is 0 Å². The lowest BCUT2D eigenvalue weighted by Crippen LogP contribution is -2.60. The first kappa shape index (κ1) is 19.0. The number of benzene rings is 2. The van der Waals surface area contributed by atoms with E-state index in [4.69, 9.17) is 14.2 Å². The molecule has 0 amide bonds. The van der Waals surface area contributed by atoms with E-state index in [1.807, 2.05) is 60.7 Å². The number of rotatable bonds is 7. The maximum atomic E-state index is 10.5. The zero-order valence-electron chi connectivity index (χ0n) is 14.3. The Morgan fingerprint density at radius 3 is 1.77 bits per heavy atom. The quantitative estimate of drug-likeness (QED) is 0.688. The molecular formula is C20H24O6. The van der Waals surface area contributed by atoms with Crippen LogP contribution in [-0.4, -0.2) is 52.6 Å². The van der Waals surface area contributed by atoms with E-state index in [0.29, 0.717) is 0 Å². The molecule has 1 aliphatic heterocycles. The summed E-state index contributed by atoms with van der Waals surface area (Å²) in [6.45, 7) is 0.0705. The summed E-state index contributed by atoms with van der Waals surface area (Å²) >= 11 is 0. The fraction of sp³-hybridized carbons (Fsp3) is 0.400. The highest BCUT2D eigenvalue weighted by Crippen LogP contribution is 2.26. The lowest BCUT2D eigenvalue weighted by Gasteiger charge is -2.42. The summed E-state index contributed by atoms with van der Waals surface area (Å²) in [4.78, 5) is 0. The first-order valence-corrected chi connectivity index (χ1v) is 8.62. The average molecular weight is 360 g/mol. The van der Waals surface area contributed by atoms with Crippen molar-refractivity contribution in [2.45, 2.75) is 43.9 Å². The number of hydrogen-bond donors (Lipinski definition) is 3. The minimum atomic E-state index is -1.31. The Morgan fingerprint density at radius 1 is 0.769 bits per heavy atom. The van der Waals surface area contributed by atoms with E-state index in [2.05, 4.69) is 0 Å². The Hall–Kier alpha value is -1.80. The third kappa shape index (κ3) is 4.67. The lowest BCUT2D eigenvalue weighted by atomic mass is 9.98. The highest BCUT2D eigenvalue weighted by atomic mass is 16.7. The Balaban J connectivity index is 1.69. The third-order valence-corrected chi connectivity index (χ3v) is 4.39. The molecule has 1 aliphatic rings. The van der Waals surface area contributed by atoms with Gasteiger partial charge in [-0.05, 0) is 11.1 Å². The predicted octanol–water partition coefficient (Wildman–Crippen LogP) is 1.23. The molecule has 6 heteroatoms. The molecule has 2 aromatic carbocycles. The average Bonchev–Trinajstić information content (AvgIpc) is 2.69. The van der Waals surface area contributed by atoms with E-state index < -0.39 is 37.3 Å². The Bertz CT molecular complexity index is 650. The van der Waals surface area contributed by atoms with Crippen molar-refractivity contribution in [3.63, 3.8) is 0 Å². The predicted molar refractivity (Wildman–Crippen MR) is 94.0 cm³/mol. The Labute approximate surface area is 152 Å². The van der Waals surface area contributed by atoms with E-state index in [0.717, 1.165) is 11.1 Å². The van der Waals surface area contributed by atoms with Gasteiger partial charge in [0.1, 0.15) is 24.4 Å². The summed E-state index contributed by atoms with van der Waals surface area (Å²) < 4.78 is 16.9. The molecule has 1 fully saturated rings. The van der Waals surface area contributed by atoms with Crippen LogP contribution < -0.4 is 0 Å². The van der Waals surface area contributed by atoms with E-state index in [9.17, 15) is 15.3 Å². The van der Waals surface area contributed by atoms with Crippen molar-refractivity contribution in [3.8, 4) is 0 Å². The van der Waals surface area contributed by atoms with Crippen LogP contribution in [0, 0.1) is 0 Å². The minimum absolute atomic E-state index is 0.244. The highest BCUT2D eigenvalue weighted by Gasteiger charge is 2.46. The molecule has 0 aromatic heterocycles. The van der Waals surface area contributed by atoms with Gasteiger partial charge < -0.3 is 29.5 Å². The fourth-order valence-electron chi connectivity index (χ4n) is 2.96. The number of ether oxygens (including phenoxy) is 3. The van der Waals surface area contributed by atoms with Crippen LogP contribution in [-0.2, 0) is 27.4 Å². The molecule has 0 radical (unpaired) electrons. The second-order valence-corrected chi connectivity index (χ2v) is 6.26. The van der Waals surface area contributed by atoms with Gasteiger partial charge in [-0.15, -0.1) is 0 Å². The molecule has 26 heavy (non-hydrogen) atoms. The van der Waals surface area contributed by atoms with Crippen molar-refractivity contribution in [1.29, 1.82) is 0 Å². The van der Waals surface area contributed by atoms with E-state index in [1.165, 1.54) is 0 Å². The second kappa shape index (κ2) is 9.23. The van der Waals surface area contributed by atoms with Gasteiger partial charge in [-0.1, -0.05) is 60.7 Å². The maximum Gasteiger partial charge on any atom is 0.184 e. The van der Waals surface area contributed by atoms with E-state index in [1.54, 1.807) is 0 Å². The summed E-state index contributed by atoms with van der Waals surface area (Å²) in [7, 11) is 0. The number of aliphatic hydroxyl groups excluding tert-OH is 3. The second-order valence-electron chi connectivity index (χ2n) is 6.26. The summed E-state index contributed by atoms with van der Waals surface area (Å²) in [5.41, 5.74) is 1.86. The topological polar surface area (TPSA) is 88.4 Å². The standard InChI is InChI=1S/C20H24O6/c21-11-16-17(22)18(24-12-14-7-3-1-4-8-14)19(20(23)26-16)25-13-15-9-5-2-6-10-15/h1-10,16-23H,11-13H2/t16-,17+,18+,19-,20+/m0/s1. The first-order chi connectivity index (χ1) is 12.7. The van der Waals surface area contributed by atoms with Crippen LogP contribution in [0.15, 0.2) is 60.7 Å². The Kier molecular flexibility index (Phi) is 6.73. The molecule has 1 saturated heterocycles. The molecule has 5 atom stereocenters. The van der Waals surface area contributed by atoms with Gasteiger partial charge in [0.05, 0.1) is 19.8 Å². The molecule has 2 aromatic rings. The van der Waals surface area contributed by atoms with E-state index >= 15 is 0 Å². The Morgan fingerprint density at radius 2 is 1.27 bits per heavy atom. The van der Waals surface area contributed by atoms with Gasteiger partial charge >= 0.3 is 0 Å². The molecule has 0 saturated carbocycles. The third-order valence-electron chi connectivity index (χ3n) is 4.39. The number of hydrogen-bond acceptors (Lipinski definition) is 6. The molecule has 0 spiro atoms. The van der Waals surface area contributed by atoms with Crippen LogP contribution in [0.1, 0.15) is 11.1 Å². The van der Waals surface area contributed by atoms with Gasteiger partial charge in [0.15, 0.2) is 6.29 Å². The molecule has 0 bridgehead atoms. The molecule has 0 unspecified atom stereocenters. The molecule has 3 N–H and O–H groups in total. The van der Waals surface area contributed by atoms with Crippen LogP contribution in [0.3, 0.4) is 0 Å². The smallest absolute Gasteiger partial charge is 0.184 e. The number of aliphatic hydroxyl groups is 3. The SMILES string of the molecule is OC[C@@H]1O[C@@H](O)[C@@H](OCc2ccccc2)[C@H](OCc2ccccc2)[C@@H]1O. The summed E-state index contributed by atoms with van der Waals surface area (Å²) in [5.74, 6) is 0. The molecule has 6 nitrogen and oxygen atoms in total. The van der Waals surface area contributed by atoms with E-state index in [-0.39, 0.29) is 13.2 Å². The van der Waals surface area contributed by atoms with Crippen molar-refractivity contribution in [2.24, 2.45) is 0 Å². The minimum Gasteiger partial charge on any atom is -0.394 e. The van der Waals surface area contributed by atoms with Crippen molar-refractivity contribution in [3.05, 3.63) is 71.8 Å². The van der Waals surface area contributed by atoms with Crippen LogP contribution in [0.2, 0.25) is 0 Å². The monoisotopic (exact) mass is 360 g/mol. The zero-order chi connectivity index (χ0) is 18.4. The first-order valence-electron chi connectivity index (χ1n) is 8.62. The van der Waals surface area contributed by atoms with Crippen molar-refractivity contribution >= 4 is 0 Å². The van der Waals surface area contributed by atoms with Crippen molar-refractivity contribution in [2.75, 3.05) is 6.61 Å². The van der Waals surface area contributed by atoms with Crippen molar-refractivity contribution < 1.29 is 29.5 Å². The molecule has 3 rings (SSSR count). The summed E-state index contributed by atoms with van der Waals surface area (Å²) in [5, 5.41) is 30.2. The van der Waals surface area contributed by atoms with Gasteiger partial charge in [0.2, 0.25) is 0 Å². The highest BCUT2D eigenvalue weighted by molar-refractivity contribution is 5.14. The van der Waals surface area contributed by atoms with Gasteiger partial charge in [0.25, 0.3) is 0 Å². The van der Waals surface area contributed by atoms with Gasteiger partial charge in [-0.2, -0.15) is 0 Å². The van der Waals surface area contributed by atoms with Gasteiger partial charge in [-0.3, -0.25) is 0 Å². The fourth-order valence-corrected chi connectivity index (χ4v) is 2.96. The normalized spacial score (nSPS) is 28.8. The molecule has 0 aliphatic carbocycles. The maximum absolute atomic E-state index is 10.5. The lowest BCUT2D eigenvalue weighted by molar-refractivity contribution is -0.307. The molecular weight excluding hydrogens is 336 g/mol. The van der Waals surface area contributed by atoms with Crippen LogP contribution in [0.5, 0.6) is 0 Å². The van der Waals surface area contributed by atoms with Crippen LogP contribution >= 0.6 is 0 Å². The molecule has 1 heterocycles. The van der Waals surface area contributed by atoms with Gasteiger partial charge in [0, 0.05) is 0 Å². The molecule has 140 valence electrons. The van der Waals surface area contributed by atoms with Gasteiger partial charge in [-0.25, -0.2) is 0 Å². The summed E-state index contributed by atoms with van der Waals surface area (Å²) in [6, 6.07) is 19.0. The summed E-state index contributed by atoms with van der Waals surface area (Å²) in [6.07, 6.45) is -5.06. The van der Waals surface area contributed by atoms with Crippen molar-refractivity contribution in [1.82, 2.24) is 0 Å². The zero-order valence-corrected chi connectivity index (χ0v) is 14.3.